The van der Waals surface area contributed by atoms with Crippen LogP contribution in [0, 0.1) is 19.7 Å². The fourth-order valence-corrected chi connectivity index (χ4v) is 4.69. The summed E-state index contributed by atoms with van der Waals surface area (Å²) >= 11 is 0. The van der Waals surface area contributed by atoms with Crippen molar-refractivity contribution in [1.82, 2.24) is 0 Å². The van der Waals surface area contributed by atoms with E-state index in [1.54, 1.807) is 6.07 Å². The fraction of sp³-hybridized carbons (Fsp3) is 0.441. The van der Waals surface area contributed by atoms with E-state index >= 15 is 0 Å². The number of nitrogens with one attached hydrogen (secondary N) is 1. The van der Waals surface area contributed by atoms with Crippen LogP contribution in [-0.4, -0.2) is 23.7 Å². The van der Waals surface area contributed by atoms with Crippen LogP contribution in [0.5, 0.6) is 5.75 Å². The van der Waals surface area contributed by atoms with Crippen LogP contribution in [0.2, 0.25) is 0 Å². The molecule has 218 valence electrons. The number of aryl methyl sites for hydroxylation is 3. The van der Waals surface area contributed by atoms with Gasteiger partial charge in [0.05, 0.1) is 17.8 Å². The van der Waals surface area contributed by atoms with E-state index in [0.29, 0.717) is 11.4 Å². The number of hydrogen-bond donors (Lipinski definition) is 3. The van der Waals surface area contributed by atoms with Crippen molar-refractivity contribution < 1.29 is 19.0 Å². The number of carboxylic acids is 1. The Morgan fingerprint density at radius 2 is 1.77 bits per heavy atom. The number of halogens is 1. The Morgan fingerprint density at radius 3 is 2.35 bits per heavy atom. The van der Waals surface area contributed by atoms with Gasteiger partial charge in [-0.25, -0.2) is 4.39 Å². The molecule has 0 aromatic heterocycles. The number of nitrogen functional groups attached to an aromatic ring is 1. The molecular formula is C34H47FN2O3. The standard InChI is InChI=1S/C20H26N2O2.C14H21FO/c1-5-14-10-15(7-6-12(14)2)17(11-19(23)24)16-8-9-18(22-4)20(21)13(16)3;1-5-8-11-9-7-10-12(15)13(11)16-14(3,4)6-2/h6-10,17,22H,5,11,21H2,1-4H3,(H,23,24);7,9-10H,5-6,8H2,1-4H3/t17-;/m1./s1. The summed E-state index contributed by atoms with van der Waals surface area (Å²) in [6.07, 6.45) is 3.68. The maximum absolute atomic E-state index is 13.7. The summed E-state index contributed by atoms with van der Waals surface area (Å²) in [5, 5.41) is 12.5. The lowest BCUT2D eigenvalue weighted by Gasteiger charge is -2.26. The molecule has 3 aromatic carbocycles. The Hall–Kier alpha value is -3.54. The van der Waals surface area contributed by atoms with Gasteiger partial charge in [-0.05, 0) is 92.5 Å². The summed E-state index contributed by atoms with van der Waals surface area (Å²) in [4.78, 5) is 11.5. The first kappa shape index (κ1) is 32.7. The molecule has 0 bridgehead atoms. The van der Waals surface area contributed by atoms with Crippen LogP contribution in [0.15, 0.2) is 48.5 Å². The Labute approximate surface area is 240 Å². The van der Waals surface area contributed by atoms with Crippen LogP contribution in [0.3, 0.4) is 0 Å². The number of nitrogens with two attached hydrogens (primary N) is 1. The minimum atomic E-state index is -0.811. The third-order valence-electron chi connectivity index (χ3n) is 7.53. The number of hydrogen-bond acceptors (Lipinski definition) is 4. The van der Waals surface area contributed by atoms with Gasteiger partial charge in [-0.3, -0.25) is 4.79 Å². The molecule has 5 nitrogen and oxygen atoms in total. The molecule has 4 N–H and O–H groups in total. The van der Waals surface area contributed by atoms with Crippen LogP contribution in [0.25, 0.3) is 0 Å². The van der Waals surface area contributed by atoms with Crippen LogP contribution in [0.4, 0.5) is 15.8 Å². The molecule has 0 aliphatic rings. The van der Waals surface area contributed by atoms with Crippen molar-refractivity contribution in [3.05, 3.63) is 87.7 Å². The van der Waals surface area contributed by atoms with Gasteiger partial charge in [0.2, 0.25) is 0 Å². The van der Waals surface area contributed by atoms with Gasteiger partial charge in [0.1, 0.15) is 5.60 Å². The van der Waals surface area contributed by atoms with Crippen LogP contribution < -0.4 is 15.8 Å². The van der Waals surface area contributed by atoms with Crippen molar-refractivity contribution in [3.8, 4) is 5.75 Å². The number of anilines is 2. The van der Waals surface area contributed by atoms with E-state index in [0.717, 1.165) is 53.6 Å². The van der Waals surface area contributed by atoms with Crippen molar-refractivity contribution in [3.63, 3.8) is 0 Å². The summed E-state index contributed by atoms with van der Waals surface area (Å²) < 4.78 is 19.5. The summed E-state index contributed by atoms with van der Waals surface area (Å²) in [7, 11) is 1.83. The molecule has 40 heavy (non-hydrogen) atoms. The highest BCUT2D eigenvalue weighted by molar-refractivity contribution is 5.74. The van der Waals surface area contributed by atoms with E-state index in [9.17, 15) is 14.3 Å². The van der Waals surface area contributed by atoms with Crippen molar-refractivity contribution in [2.24, 2.45) is 0 Å². The SMILES string of the molecule is CCCc1cccc(F)c1OC(C)(C)CC.CCc1cc([C@@H](CC(=O)O)c2ccc(NC)c(N)c2C)ccc1C. The molecule has 0 amide bonds. The summed E-state index contributed by atoms with van der Waals surface area (Å²) in [5.41, 5.74) is 13.8. The summed E-state index contributed by atoms with van der Waals surface area (Å²) in [6, 6.07) is 15.3. The molecule has 0 spiro atoms. The number of para-hydroxylation sites is 1. The van der Waals surface area contributed by atoms with Gasteiger partial charge in [-0.1, -0.05) is 63.6 Å². The van der Waals surface area contributed by atoms with Crippen molar-refractivity contribution in [1.29, 1.82) is 0 Å². The number of carboxylic acid groups (broad SMARTS) is 1. The molecule has 0 saturated carbocycles. The molecule has 0 aliphatic heterocycles. The van der Waals surface area contributed by atoms with E-state index in [1.165, 1.54) is 17.2 Å². The largest absolute Gasteiger partial charge is 0.485 e. The third-order valence-corrected chi connectivity index (χ3v) is 7.53. The lowest BCUT2D eigenvalue weighted by molar-refractivity contribution is -0.137. The molecular weight excluding hydrogens is 503 g/mol. The topological polar surface area (TPSA) is 84.6 Å². The number of rotatable bonds is 11. The molecule has 1 atom stereocenters. The molecule has 0 fully saturated rings. The van der Waals surface area contributed by atoms with E-state index in [2.05, 4.69) is 38.2 Å². The van der Waals surface area contributed by atoms with Gasteiger partial charge in [0, 0.05) is 13.0 Å². The Balaban J connectivity index is 0.000000305. The van der Waals surface area contributed by atoms with Crippen LogP contribution in [0.1, 0.15) is 93.2 Å². The monoisotopic (exact) mass is 550 g/mol. The summed E-state index contributed by atoms with van der Waals surface area (Å²) in [5.74, 6) is -0.848. The molecule has 3 rings (SSSR count). The fourth-order valence-electron chi connectivity index (χ4n) is 4.69. The maximum Gasteiger partial charge on any atom is 0.304 e. The molecule has 0 aliphatic carbocycles. The molecule has 0 radical (unpaired) electrons. The molecule has 0 unspecified atom stereocenters. The first-order valence-corrected chi connectivity index (χ1v) is 14.2. The highest BCUT2D eigenvalue weighted by atomic mass is 19.1. The van der Waals surface area contributed by atoms with Gasteiger partial charge in [-0.15, -0.1) is 0 Å². The Morgan fingerprint density at radius 1 is 1.07 bits per heavy atom. The van der Waals surface area contributed by atoms with Crippen molar-refractivity contribution in [2.75, 3.05) is 18.1 Å². The van der Waals surface area contributed by atoms with Gasteiger partial charge >= 0.3 is 5.97 Å². The second-order valence-corrected chi connectivity index (χ2v) is 10.9. The Bertz CT molecular complexity index is 1290. The lowest BCUT2D eigenvalue weighted by Crippen LogP contribution is -2.27. The average Bonchev–Trinajstić information content (AvgIpc) is 2.92. The highest BCUT2D eigenvalue weighted by Gasteiger charge is 2.23. The van der Waals surface area contributed by atoms with E-state index in [-0.39, 0.29) is 23.8 Å². The first-order valence-electron chi connectivity index (χ1n) is 14.2. The van der Waals surface area contributed by atoms with Gasteiger partial charge in [0.15, 0.2) is 11.6 Å². The minimum Gasteiger partial charge on any atom is -0.485 e. The normalized spacial score (nSPS) is 11.8. The molecule has 0 heterocycles. The third kappa shape index (κ3) is 8.48. The van der Waals surface area contributed by atoms with E-state index < -0.39 is 5.97 Å². The predicted octanol–water partition coefficient (Wildman–Crippen LogP) is 8.44. The van der Waals surface area contributed by atoms with Gasteiger partial charge < -0.3 is 20.9 Å². The number of aliphatic carboxylic acids is 1. The zero-order valence-electron chi connectivity index (χ0n) is 25.5. The van der Waals surface area contributed by atoms with Gasteiger partial charge in [0.25, 0.3) is 0 Å². The molecule has 6 heteroatoms. The van der Waals surface area contributed by atoms with Gasteiger partial charge in [-0.2, -0.15) is 0 Å². The zero-order valence-corrected chi connectivity index (χ0v) is 25.5. The predicted molar refractivity (Wildman–Crippen MR) is 165 cm³/mol. The van der Waals surface area contributed by atoms with Crippen molar-refractivity contribution >= 4 is 17.3 Å². The van der Waals surface area contributed by atoms with Crippen LogP contribution in [-0.2, 0) is 17.6 Å². The minimum absolute atomic E-state index is 0.0470. The first-order chi connectivity index (χ1) is 18.9. The number of benzene rings is 3. The average molecular weight is 551 g/mol. The van der Waals surface area contributed by atoms with Crippen LogP contribution >= 0.6 is 0 Å². The number of carbonyl (C=O) groups is 1. The second kappa shape index (κ2) is 14.7. The summed E-state index contributed by atoms with van der Waals surface area (Å²) in [6.45, 7) is 14.2. The molecule has 3 aromatic rings. The maximum atomic E-state index is 13.7. The zero-order chi connectivity index (χ0) is 30.0. The smallest absolute Gasteiger partial charge is 0.304 e. The number of ether oxygens (including phenoxy) is 1. The Kier molecular flexibility index (Phi) is 12.0. The van der Waals surface area contributed by atoms with Crippen molar-refractivity contribution in [2.45, 2.75) is 92.1 Å². The highest BCUT2D eigenvalue weighted by Crippen LogP contribution is 2.36. The second-order valence-electron chi connectivity index (χ2n) is 10.9. The van der Waals surface area contributed by atoms with E-state index in [4.69, 9.17) is 10.5 Å². The molecule has 0 saturated heterocycles. The quantitative estimate of drug-likeness (QED) is 0.209. The van der Waals surface area contributed by atoms with E-state index in [1.807, 2.05) is 59.0 Å². The lowest BCUT2D eigenvalue weighted by atomic mass is 9.84.